The maximum Gasteiger partial charge on any atom is 0.339 e. The van der Waals surface area contributed by atoms with E-state index in [1.54, 1.807) is 9.80 Å². The van der Waals surface area contributed by atoms with Gasteiger partial charge in [-0.05, 0) is 0 Å². The first-order valence-electron chi connectivity index (χ1n) is 7.93. The molecule has 4 N–H and O–H groups in total. The van der Waals surface area contributed by atoms with Gasteiger partial charge >= 0.3 is 15.2 Å². The van der Waals surface area contributed by atoms with E-state index in [0.29, 0.717) is 52.6 Å². The molecule has 13 heteroatoms. The lowest BCUT2D eigenvalue weighted by molar-refractivity contribution is 0.0342. The van der Waals surface area contributed by atoms with Crippen molar-refractivity contribution in [3.05, 3.63) is 0 Å². The Balaban J connectivity index is 2.52. The van der Waals surface area contributed by atoms with Gasteiger partial charge in [-0.2, -0.15) is 0 Å². The summed E-state index contributed by atoms with van der Waals surface area (Å²) in [5.41, 5.74) is 0. The first-order valence-corrected chi connectivity index (χ1v) is 11.5. The Labute approximate surface area is 147 Å². The van der Waals surface area contributed by atoms with Crippen molar-refractivity contribution < 1.29 is 42.9 Å². The molecule has 0 radical (unpaired) electrons. The second-order valence-electron chi connectivity index (χ2n) is 5.69. The second-order valence-corrected chi connectivity index (χ2v) is 8.91. The highest BCUT2D eigenvalue weighted by molar-refractivity contribution is 7.51. The molecule has 0 aromatic carbocycles. The van der Waals surface area contributed by atoms with Gasteiger partial charge in [0.1, 0.15) is 12.6 Å². The lowest BCUT2D eigenvalue weighted by Gasteiger charge is -2.23. The van der Waals surface area contributed by atoms with Crippen molar-refractivity contribution in [1.82, 2.24) is 9.80 Å². The summed E-state index contributed by atoms with van der Waals surface area (Å²) < 4.78 is 38.5. The van der Waals surface area contributed by atoms with Crippen LogP contribution < -0.4 is 0 Å². The molecule has 0 amide bonds. The van der Waals surface area contributed by atoms with Crippen LogP contribution in [0.4, 0.5) is 0 Å². The topological polar surface area (TPSA) is 149 Å². The van der Waals surface area contributed by atoms with E-state index in [4.69, 9.17) is 33.8 Å². The molecule has 0 saturated carbocycles. The highest BCUT2D eigenvalue weighted by Crippen LogP contribution is 2.35. The van der Waals surface area contributed by atoms with Crippen molar-refractivity contribution >= 4 is 15.2 Å². The first kappa shape index (κ1) is 23.1. The molecule has 1 aliphatic rings. The van der Waals surface area contributed by atoms with Crippen LogP contribution in [0, 0.1) is 0 Å². The minimum absolute atomic E-state index is 0.250. The normalized spacial score (nSPS) is 22.2. The van der Waals surface area contributed by atoms with Crippen molar-refractivity contribution in [3.63, 3.8) is 0 Å². The monoisotopic (exact) mass is 406 g/mol. The van der Waals surface area contributed by atoms with Gasteiger partial charge in [0.25, 0.3) is 0 Å². The van der Waals surface area contributed by atoms with Gasteiger partial charge in [-0.25, -0.2) is 0 Å². The molecule has 0 aliphatic carbocycles. The lowest BCUT2D eigenvalue weighted by Crippen LogP contribution is -2.34. The van der Waals surface area contributed by atoms with Gasteiger partial charge in [-0.15, -0.1) is 0 Å². The molecule has 25 heavy (non-hydrogen) atoms. The first-order chi connectivity index (χ1) is 11.7. The van der Waals surface area contributed by atoms with Gasteiger partial charge in [0.05, 0.1) is 39.6 Å². The molecule has 1 fully saturated rings. The largest absolute Gasteiger partial charge is 0.379 e. The molecule has 0 unspecified atom stereocenters. The molecule has 0 bridgehead atoms. The SMILES string of the molecule is O=P(O)(O)CN1CCOCCOCCN(CP(=O)(O)O)CCOCC1. The summed E-state index contributed by atoms with van der Waals surface area (Å²) in [6.07, 6.45) is -0.749. The summed E-state index contributed by atoms with van der Waals surface area (Å²) in [6.45, 7) is 3.16. The molecule has 1 saturated heterocycles. The van der Waals surface area contributed by atoms with Crippen LogP contribution in [-0.4, -0.2) is 108 Å². The Morgan fingerprint density at radius 3 is 1.16 bits per heavy atom. The average Bonchev–Trinajstić information content (AvgIpc) is 2.45. The molecule has 11 nitrogen and oxygen atoms in total. The number of rotatable bonds is 4. The molecular formula is C12H28N2O9P2. The highest BCUT2D eigenvalue weighted by Gasteiger charge is 2.20. The van der Waals surface area contributed by atoms with Crippen molar-refractivity contribution in [3.8, 4) is 0 Å². The average molecular weight is 406 g/mol. The number of ether oxygens (including phenoxy) is 3. The lowest BCUT2D eigenvalue weighted by atomic mass is 10.5. The molecule has 0 aromatic heterocycles. The molecule has 1 rings (SSSR count). The van der Waals surface area contributed by atoms with Crippen LogP contribution in [0.1, 0.15) is 0 Å². The van der Waals surface area contributed by atoms with Gasteiger partial charge in [0.15, 0.2) is 0 Å². The number of hydrogen-bond acceptors (Lipinski definition) is 7. The van der Waals surface area contributed by atoms with Crippen LogP contribution in [0.25, 0.3) is 0 Å². The van der Waals surface area contributed by atoms with Crippen LogP contribution in [-0.2, 0) is 23.3 Å². The van der Waals surface area contributed by atoms with E-state index < -0.39 is 15.2 Å². The Bertz CT molecular complexity index is 416. The van der Waals surface area contributed by atoms with Crippen molar-refractivity contribution in [2.45, 2.75) is 0 Å². The summed E-state index contributed by atoms with van der Waals surface area (Å²) in [5, 5.41) is 0. The predicted molar refractivity (Wildman–Crippen MR) is 89.4 cm³/mol. The van der Waals surface area contributed by atoms with E-state index in [1.165, 1.54) is 0 Å². The van der Waals surface area contributed by atoms with Crippen LogP contribution in [0.2, 0.25) is 0 Å². The van der Waals surface area contributed by atoms with Gasteiger partial charge in [-0.1, -0.05) is 0 Å². The Morgan fingerprint density at radius 1 is 0.600 bits per heavy atom. The van der Waals surface area contributed by atoms with Gasteiger partial charge < -0.3 is 33.8 Å². The third kappa shape index (κ3) is 13.9. The standard InChI is InChI=1S/C12H28N2O9P2/c15-24(16,17)11-13-1-5-21-6-2-14(12-25(18,19)20)4-8-23-10-9-22-7-3-13/h1-12H2,(H2,15,16,17)(H2,18,19,20). The van der Waals surface area contributed by atoms with Crippen molar-refractivity contribution in [1.29, 1.82) is 0 Å². The van der Waals surface area contributed by atoms with E-state index in [0.717, 1.165) is 0 Å². The zero-order chi connectivity index (χ0) is 18.8. The number of hydrogen-bond donors (Lipinski definition) is 4. The van der Waals surface area contributed by atoms with Gasteiger partial charge in [-0.3, -0.25) is 18.9 Å². The molecular weight excluding hydrogens is 378 g/mol. The maximum absolute atomic E-state index is 11.2. The zero-order valence-electron chi connectivity index (χ0n) is 14.1. The molecule has 0 spiro atoms. The number of nitrogens with zero attached hydrogens (tertiary/aromatic N) is 2. The summed E-state index contributed by atoms with van der Waals surface area (Å²) in [4.78, 5) is 39.6. The van der Waals surface area contributed by atoms with E-state index in [2.05, 4.69) is 0 Å². The fourth-order valence-electron chi connectivity index (χ4n) is 2.23. The molecule has 1 aliphatic heterocycles. The van der Waals surface area contributed by atoms with E-state index in [1.807, 2.05) is 0 Å². The van der Waals surface area contributed by atoms with Crippen molar-refractivity contribution in [2.75, 3.05) is 78.4 Å². The Hall–Kier alpha value is 0.1000. The Morgan fingerprint density at radius 2 is 0.880 bits per heavy atom. The summed E-state index contributed by atoms with van der Waals surface area (Å²) in [5.74, 6) is 0. The quantitative estimate of drug-likeness (QED) is 0.423. The predicted octanol–water partition coefficient (Wildman–Crippen LogP) is -1.08. The summed E-state index contributed by atoms with van der Waals surface area (Å²) >= 11 is 0. The van der Waals surface area contributed by atoms with Crippen LogP contribution in [0.15, 0.2) is 0 Å². The third-order valence-electron chi connectivity index (χ3n) is 3.35. The van der Waals surface area contributed by atoms with Crippen LogP contribution in [0.5, 0.6) is 0 Å². The van der Waals surface area contributed by atoms with E-state index in [-0.39, 0.29) is 25.8 Å². The van der Waals surface area contributed by atoms with E-state index in [9.17, 15) is 9.13 Å². The zero-order valence-corrected chi connectivity index (χ0v) is 15.9. The second kappa shape index (κ2) is 11.7. The van der Waals surface area contributed by atoms with Crippen LogP contribution in [0.3, 0.4) is 0 Å². The minimum atomic E-state index is -4.17. The summed E-state index contributed by atoms with van der Waals surface area (Å²) in [7, 11) is -8.35. The smallest absolute Gasteiger partial charge is 0.339 e. The Kier molecular flexibility index (Phi) is 10.9. The third-order valence-corrected chi connectivity index (χ3v) is 4.88. The molecule has 1 heterocycles. The van der Waals surface area contributed by atoms with Crippen LogP contribution >= 0.6 is 15.2 Å². The van der Waals surface area contributed by atoms with Gasteiger partial charge in [0.2, 0.25) is 0 Å². The fourth-order valence-corrected chi connectivity index (χ4v) is 3.83. The maximum atomic E-state index is 11.2. The molecule has 150 valence electrons. The summed E-state index contributed by atoms with van der Waals surface area (Å²) in [6, 6.07) is 0. The van der Waals surface area contributed by atoms with E-state index >= 15 is 0 Å². The minimum Gasteiger partial charge on any atom is -0.379 e. The molecule has 0 atom stereocenters. The fraction of sp³-hybridized carbons (Fsp3) is 1.00. The van der Waals surface area contributed by atoms with Crippen molar-refractivity contribution in [2.24, 2.45) is 0 Å². The molecule has 0 aromatic rings. The van der Waals surface area contributed by atoms with Gasteiger partial charge in [0, 0.05) is 26.2 Å². The highest BCUT2D eigenvalue weighted by atomic mass is 31.2.